The molecule has 1 aromatic rings. The lowest BCUT2D eigenvalue weighted by Gasteiger charge is -2.14. The zero-order chi connectivity index (χ0) is 13.6. The van der Waals surface area contributed by atoms with Gasteiger partial charge in [0.2, 0.25) is 0 Å². The lowest BCUT2D eigenvalue weighted by Crippen LogP contribution is -2.01. The highest BCUT2D eigenvalue weighted by molar-refractivity contribution is 5.10. The molecule has 0 radical (unpaired) electrons. The van der Waals surface area contributed by atoms with Gasteiger partial charge in [-0.15, -0.1) is 5.10 Å². The summed E-state index contributed by atoms with van der Waals surface area (Å²) in [6, 6.07) is 0. The fourth-order valence-corrected chi connectivity index (χ4v) is 1.58. The fraction of sp³-hybridized carbons (Fsp3) is 0.600. The molecule has 1 aliphatic carbocycles. The monoisotopic (exact) mass is 249 g/mol. The maximum absolute atomic E-state index is 3.42. The van der Waals surface area contributed by atoms with Crippen molar-refractivity contribution in [2.75, 3.05) is 0 Å². The number of aromatic nitrogens is 3. The summed E-state index contributed by atoms with van der Waals surface area (Å²) in [5.74, 6) is 1.64. The number of H-pyrrole nitrogens is 1. The normalized spacial score (nSPS) is 16.6. The van der Waals surface area contributed by atoms with Crippen molar-refractivity contribution in [1.82, 2.24) is 15.4 Å². The second-order valence-electron chi connectivity index (χ2n) is 4.81. The Kier molecular flexibility index (Phi) is 11.2. The van der Waals surface area contributed by atoms with Crippen molar-refractivity contribution in [3.05, 3.63) is 36.7 Å². The van der Waals surface area contributed by atoms with Crippen LogP contribution in [0.15, 0.2) is 36.7 Å². The van der Waals surface area contributed by atoms with E-state index in [9.17, 15) is 0 Å². The second-order valence-corrected chi connectivity index (χ2v) is 4.81. The summed E-state index contributed by atoms with van der Waals surface area (Å²) in [4.78, 5) is 0. The molecule has 3 nitrogen and oxygen atoms in total. The van der Waals surface area contributed by atoms with Crippen LogP contribution in [0.4, 0.5) is 0 Å². The zero-order valence-electron chi connectivity index (χ0n) is 12.1. The molecule has 0 bridgehead atoms. The van der Waals surface area contributed by atoms with E-state index in [2.05, 4.69) is 67.4 Å². The highest BCUT2D eigenvalue weighted by atomic mass is 15.3. The SMILES string of the molecule is CC(C)CC1C=CC=CC1.CCC.c1c[nH]nn1. The van der Waals surface area contributed by atoms with Crippen molar-refractivity contribution in [3.8, 4) is 0 Å². The molecular formula is C15H27N3. The van der Waals surface area contributed by atoms with Gasteiger partial charge in [0.25, 0.3) is 0 Å². The molecule has 102 valence electrons. The van der Waals surface area contributed by atoms with Gasteiger partial charge < -0.3 is 0 Å². The molecule has 2 rings (SSSR count). The molecule has 1 atom stereocenters. The van der Waals surface area contributed by atoms with Crippen LogP contribution in [-0.4, -0.2) is 15.4 Å². The van der Waals surface area contributed by atoms with Gasteiger partial charge in [-0.25, -0.2) is 0 Å². The summed E-state index contributed by atoms with van der Waals surface area (Å²) in [5.41, 5.74) is 0. The van der Waals surface area contributed by atoms with E-state index in [0.29, 0.717) is 0 Å². The smallest absolute Gasteiger partial charge is 0.0690 e. The number of allylic oxidation sites excluding steroid dienone is 4. The summed E-state index contributed by atoms with van der Waals surface area (Å²) >= 11 is 0. The van der Waals surface area contributed by atoms with Crippen molar-refractivity contribution in [2.45, 2.75) is 47.0 Å². The van der Waals surface area contributed by atoms with Crippen LogP contribution in [0.2, 0.25) is 0 Å². The zero-order valence-corrected chi connectivity index (χ0v) is 12.1. The van der Waals surface area contributed by atoms with E-state index < -0.39 is 0 Å². The first-order valence-electron chi connectivity index (χ1n) is 6.84. The fourth-order valence-electron chi connectivity index (χ4n) is 1.58. The topological polar surface area (TPSA) is 41.6 Å². The number of nitrogens with zero attached hydrogens (tertiary/aromatic N) is 2. The van der Waals surface area contributed by atoms with Crippen LogP contribution in [-0.2, 0) is 0 Å². The van der Waals surface area contributed by atoms with Gasteiger partial charge >= 0.3 is 0 Å². The van der Waals surface area contributed by atoms with Crippen LogP contribution in [0.1, 0.15) is 47.0 Å². The van der Waals surface area contributed by atoms with Crippen molar-refractivity contribution in [3.63, 3.8) is 0 Å². The largest absolute Gasteiger partial charge is 0.266 e. The van der Waals surface area contributed by atoms with E-state index in [4.69, 9.17) is 0 Å². The van der Waals surface area contributed by atoms with Crippen LogP contribution in [0.25, 0.3) is 0 Å². The summed E-state index contributed by atoms with van der Waals surface area (Å²) in [5, 5.41) is 9.26. The third kappa shape index (κ3) is 11.1. The quantitative estimate of drug-likeness (QED) is 0.844. The molecule has 3 heteroatoms. The van der Waals surface area contributed by atoms with Crippen LogP contribution in [0.5, 0.6) is 0 Å². The predicted octanol–water partition coefficient (Wildman–Crippen LogP) is 4.39. The Balaban J connectivity index is 0.000000301. The Labute approximate surface area is 111 Å². The Morgan fingerprint density at radius 3 is 2.33 bits per heavy atom. The Morgan fingerprint density at radius 1 is 1.28 bits per heavy atom. The number of nitrogens with one attached hydrogen (secondary N) is 1. The average molecular weight is 249 g/mol. The molecule has 1 unspecified atom stereocenters. The molecule has 0 aliphatic heterocycles. The van der Waals surface area contributed by atoms with Gasteiger partial charge in [0.05, 0.1) is 6.20 Å². The number of hydrogen-bond acceptors (Lipinski definition) is 2. The Morgan fingerprint density at radius 2 is 2.00 bits per heavy atom. The highest BCUT2D eigenvalue weighted by Crippen LogP contribution is 2.19. The first kappa shape index (κ1) is 16.6. The molecule has 0 aromatic carbocycles. The molecule has 18 heavy (non-hydrogen) atoms. The van der Waals surface area contributed by atoms with Crippen LogP contribution >= 0.6 is 0 Å². The molecule has 0 saturated heterocycles. The molecule has 0 fully saturated rings. The lowest BCUT2D eigenvalue weighted by molar-refractivity contribution is 0.476. The number of hydrogen-bond donors (Lipinski definition) is 1. The van der Waals surface area contributed by atoms with E-state index in [1.54, 1.807) is 12.4 Å². The summed E-state index contributed by atoms with van der Waals surface area (Å²) < 4.78 is 0. The molecule has 0 spiro atoms. The minimum atomic E-state index is 0.810. The van der Waals surface area contributed by atoms with Gasteiger partial charge in [0, 0.05) is 6.20 Å². The van der Waals surface area contributed by atoms with Gasteiger partial charge in [-0.2, -0.15) is 0 Å². The highest BCUT2D eigenvalue weighted by Gasteiger charge is 2.06. The maximum Gasteiger partial charge on any atom is 0.0690 e. The standard InChI is InChI=1S/C10H16.C3H8.C2H3N3/c1-9(2)8-10-6-4-3-5-7-10;1-3-2;1-2-4-5-3-1/h3-6,9-10H,7-8H2,1-2H3;3H2,1-2H3;1-2H,(H,3,4,5). The minimum absolute atomic E-state index is 0.810. The van der Waals surface area contributed by atoms with Gasteiger partial charge in [0.1, 0.15) is 0 Å². The number of aromatic amines is 1. The molecule has 0 amide bonds. The Bertz CT molecular complexity index is 282. The van der Waals surface area contributed by atoms with E-state index in [-0.39, 0.29) is 0 Å². The van der Waals surface area contributed by atoms with Crippen molar-refractivity contribution in [2.24, 2.45) is 11.8 Å². The van der Waals surface area contributed by atoms with E-state index in [0.717, 1.165) is 11.8 Å². The van der Waals surface area contributed by atoms with Crippen LogP contribution in [0, 0.1) is 11.8 Å². The van der Waals surface area contributed by atoms with Crippen LogP contribution < -0.4 is 0 Å². The first-order chi connectivity index (χ1) is 8.70. The Hall–Kier alpha value is -1.38. The average Bonchev–Trinajstić information content (AvgIpc) is 2.89. The summed E-state index contributed by atoms with van der Waals surface area (Å²) in [7, 11) is 0. The summed E-state index contributed by atoms with van der Waals surface area (Å²) in [6.07, 6.45) is 15.9. The molecule has 1 aromatic heterocycles. The first-order valence-corrected chi connectivity index (χ1v) is 6.84. The van der Waals surface area contributed by atoms with E-state index in [1.165, 1.54) is 19.3 Å². The van der Waals surface area contributed by atoms with Crippen molar-refractivity contribution >= 4 is 0 Å². The van der Waals surface area contributed by atoms with Crippen LogP contribution in [0.3, 0.4) is 0 Å². The second kappa shape index (κ2) is 12.1. The van der Waals surface area contributed by atoms with Crippen molar-refractivity contribution < 1.29 is 0 Å². The van der Waals surface area contributed by atoms with Crippen molar-refractivity contribution in [1.29, 1.82) is 0 Å². The lowest BCUT2D eigenvalue weighted by atomic mass is 9.92. The summed E-state index contributed by atoms with van der Waals surface area (Å²) in [6.45, 7) is 8.82. The molecule has 0 saturated carbocycles. The van der Waals surface area contributed by atoms with Gasteiger partial charge in [0.15, 0.2) is 0 Å². The van der Waals surface area contributed by atoms with Gasteiger partial charge in [-0.3, -0.25) is 5.10 Å². The third-order valence-electron chi connectivity index (χ3n) is 2.17. The van der Waals surface area contributed by atoms with Gasteiger partial charge in [-0.1, -0.05) is 63.6 Å². The van der Waals surface area contributed by atoms with Gasteiger partial charge in [-0.05, 0) is 24.7 Å². The molecule has 1 aliphatic rings. The maximum atomic E-state index is 3.42. The molecule has 1 heterocycles. The van der Waals surface area contributed by atoms with E-state index in [1.807, 2.05) is 0 Å². The van der Waals surface area contributed by atoms with E-state index >= 15 is 0 Å². The number of rotatable bonds is 2. The predicted molar refractivity (Wildman–Crippen MR) is 78.2 cm³/mol. The third-order valence-corrected chi connectivity index (χ3v) is 2.17. The molecular weight excluding hydrogens is 222 g/mol. The molecule has 1 N–H and O–H groups in total. The minimum Gasteiger partial charge on any atom is -0.266 e.